The fraction of sp³-hybridized carbons (Fsp3) is 0.417. The molecular formula is C12H17N3O. The van der Waals surface area contributed by atoms with E-state index in [0.29, 0.717) is 0 Å². The molecule has 1 N–H and O–H groups in total. The maximum atomic E-state index is 10.9. The second-order valence-corrected chi connectivity index (χ2v) is 4.16. The number of carbonyl (C=O) groups is 1. The molecule has 1 saturated heterocycles. The van der Waals surface area contributed by atoms with E-state index >= 15 is 0 Å². The highest BCUT2D eigenvalue weighted by Crippen LogP contribution is 2.14. The van der Waals surface area contributed by atoms with Crippen LogP contribution < -0.4 is 5.43 Å². The van der Waals surface area contributed by atoms with Gasteiger partial charge in [0.25, 0.3) is 0 Å². The van der Waals surface area contributed by atoms with Crippen molar-refractivity contribution in [2.75, 3.05) is 14.1 Å². The average Bonchev–Trinajstić information content (AvgIpc) is 2.55. The average molecular weight is 219 g/mol. The molecule has 1 aromatic carbocycles. The molecule has 0 aliphatic carbocycles. The van der Waals surface area contributed by atoms with Crippen LogP contribution in [0.2, 0.25) is 0 Å². The van der Waals surface area contributed by atoms with Gasteiger partial charge in [-0.15, -0.1) is 0 Å². The Hall–Kier alpha value is -1.23. The zero-order valence-corrected chi connectivity index (χ0v) is 9.63. The second kappa shape index (κ2) is 4.74. The van der Waals surface area contributed by atoms with Crippen molar-refractivity contribution in [1.82, 2.24) is 15.3 Å². The molecule has 1 aliphatic heterocycles. The van der Waals surface area contributed by atoms with Crippen molar-refractivity contribution in [3.05, 3.63) is 35.9 Å². The lowest BCUT2D eigenvalue weighted by atomic mass is 10.1. The highest BCUT2D eigenvalue weighted by Gasteiger charge is 2.33. The van der Waals surface area contributed by atoms with Gasteiger partial charge in [-0.1, -0.05) is 30.3 Å². The summed E-state index contributed by atoms with van der Waals surface area (Å²) in [6, 6.07) is 10.3. The third-order valence-electron chi connectivity index (χ3n) is 3.05. The summed E-state index contributed by atoms with van der Waals surface area (Å²) in [6.07, 6.45) is 1.86. The van der Waals surface area contributed by atoms with Crippen LogP contribution in [-0.2, 0) is 11.2 Å². The first kappa shape index (κ1) is 11.3. The number of rotatable bonds is 3. The van der Waals surface area contributed by atoms with Crippen LogP contribution in [0.3, 0.4) is 0 Å². The molecule has 0 spiro atoms. The number of aldehydes is 1. The van der Waals surface area contributed by atoms with Crippen molar-refractivity contribution in [2.45, 2.75) is 18.8 Å². The molecule has 0 radical (unpaired) electrons. The van der Waals surface area contributed by atoms with Gasteiger partial charge in [0, 0.05) is 13.5 Å². The minimum absolute atomic E-state index is 0.172. The molecule has 1 aromatic rings. The number of hydrazine groups is 1. The van der Waals surface area contributed by atoms with E-state index in [1.807, 2.05) is 42.2 Å². The predicted molar refractivity (Wildman–Crippen MR) is 62.4 cm³/mol. The Labute approximate surface area is 95.8 Å². The summed E-state index contributed by atoms with van der Waals surface area (Å²) in [7, 11) is 3.85. The Balaban J connectivity index is 2.04. The van der Waals surface area contributed by atoms with E-state index in [9.17, 15) is 4.79 Å². The zero-order chi connectivity index (χ0) is 11.5. The Morgan fingerprint density at radius 3 is 2.56 bits per heavy atom. The maximum Gasteiger partial charge on any atom is 0.153 e. The van der Waals surface area contributed by atoms with Crippen LogP contribution in [0.4, 0.5) is 0 Å². The van der Waals surface area contributed by atoms with E-state index < -0.39 is 0 Å². The monoisotopic (exact) mass is 219 g/mol. The molecule has 0 saturated carbocycles. The third-order valence-corrected chi connectivity index (χ3v) is 3.05. The molecule has 1 aliphatic rings. The molecule has 16 heavy (non-hydrogen) atoms. The molecule has 0 amide bonds. The fourth-order valence-corrected chi connectivity index (χ4v) is 2.07. The lowest BCUT2D eigenvalue weighted by molar-refractivity contribution is -0.115. The van der Waals surface area contributed by atoms with E-state index in [2.05, 4.69) is 17.6 Å². The van der Waals surface area contributed by atoms with Gasteiger partial charge in [-0.2, -0.15) is 0 Å². The Kier molecular flexibility index (Phi) is 3.33. The largest absolute Gasteiger partial charge is 0.300 e. The van der Waals surface area contributed by atoms with Crippen LogP contribution in [0.1, 0.15) is 5.56 Å². The van der Waals surface area contributed by atoms with Gasteiger partial charge < -0.3 is 4.79 Å². The number of benzene rings is 1. The van der Waals surface area contributed by atoms with E-state index in [1.54, 1.807) is 0 Å². The van der Waals surface area contributed by atoms with Crippen LogP contribution in [0.25, 0.3) is 0 Å². The first-order valence-corrected chi connectivity index (χ1v) is 5.42. The molecule has 4 nitrogen and oxygen atoms in total. The van der Waals surface area contributed by atoms with E-state index in [0.717, 1.165) is 12.7 Å². The summed E-state index contributed by atoms with van der Waals surface area (Å²) in [5, 5.41) is 1.85. The smallest absolute Gasteiger partial charge is 0.153 e. The quantitative estimate of drug-likeness (QED) is 0.749. The van der Waals surface area contributed by atoms with Crippen LogP contribution in [-0.4, -0.2) is 42.6 Å². The van der Waals surface area contributed by atoms with Gasteiger partial charge in [0.1, 0.15) is 6.17 Å². The van der Waals surface area contributed by atoms with Crippen molar-refractivity contribution in [1.29, 1.82) is 0 Å². The number of hydrogen-bond acceptors (Lipinski definition) is 4. The number of nitrogens with one attached hydrogen (secondary N) is 1. The molecule has 1 fully saturated rings. The minimum atomic E-state index is -0.172. The van der Waals surface area contributed by atoms with E-state index in [-0.39, 0.29) is 12.3 Å². The van der Waals surface area contributed by atoms with Crippen molar-refractivity contribution in [2.24, 2.45) is 0 Å². The SMILES string of the molecule is CN1NC(Cc2ccccc2)N(C)C1C=O. The third kappa shape index (κ3) is 2.14. The molecule has 0 aromatic heterocycles. The van der Waals surface area contributed by atoms with Crippen LogP contribution in [0.5, 0.6) is 0 Å². The van der Waals surface area contributed by atoms with Gasteiger partial charge in [0.2, 0.25) is 0 Å². The van der Waals surface area contributed by atoms with Crippen LogP contribution in [0, 0.1) is 0 Å². The normalized spacial score (nSPS) is 27.1. The van der Waals surface area contributed by atoms with Crippen molar-refractivity contribution in [3.63, 3.8) is 0 Å². The Bertz CT molecular complexity index is 355. The summed E-state index contributed by atoms with van der Waals surface area (Å²) in [5.41, 5.74) is 4.55. The topological polar surface area (TPSA) is 35.6 Å². The minimum Gasteiger partial charge on any atom is -0.300 e. The second-order valence-electron chi connectivity index (χ2n) is 4.16. The molecular weight excluding hydrogens is 202 g/mol. The van der Waals surface area contributed by atoms with E-state index in [4.69, 9.17) is 0 Å². The number of hydrogen-bond donors (Lipinski definition) is 1. The van der Waals surface area contributed by atoms with Gasteiger partial charge in [-0.25, -0.2) is 10.4 Å². The van der Waals surface area contributed by atoms with Gasteiger partial charge in [0.05, 0.1) is 6.17 Å². The lowest BCUT2D eigenvalue weighted by Crippen LogP contribution is -2.38. The maximum absolute atomic E-state index is 10.9. The number of likely N-dealkylation sites (N-methyl/N-ethyl adjacent to an activating group) is 2. The first-order chi connectivity index (χ1) is 7.72. The summed E-state index contributed by atoms with van der Waals surface area (Å²) in [4.78, 5) is 12.9. The molecule has 2 rings (SSSR count). The Morgan fingerprint density at radius 1 is 1.31 bits per heavy atom. The number of nitrogens with zero attached hydrogens (tertiary/aromatic N) is 2. The van der Waals surface area contributed by atoms with Gasteiger partial charge in [-0.3, -0.25) is 4.90 Å². The van der Waals surface area contributed by atoms with E-state index in [1.165, 1.54) is 5.56 Å². The van der Waals surface area contributed by atoms with Crippen LogP contribution in [0.15, 0.2) is 30.3 Å². The zero-order valence-electron chi connectivity index (χ0n) is 9.63. The highest BCUT2D eigenvalue weighted by atomic mass is 16.1. The molecule has 4 heteroatoms. The lowest BCUT2D eigenvalue weighted by Gasteiger charge is -2.20. The first-order valence-electron chi connectivity index (χ1n) is 5.42. The number of carbonyl (C=O) groups excluding carboxylic acids is 1. The van der Waals surface area contributed by atoms with Crippen molar-refractivity contribution >= 4 is 6.29 Å². The van der Waals surface area contributed by atoms with Crippen LogP contribution >= 0.6 is 0 Å². The summed E-state index contributed by atoms with van der Waals surface area (Å²) in [5.74, 6) is 0. The fourth-order valence-electron chi connectivity index (χ4n) is 2.07. The van der Waals surface area contributed by atoms with Gasteiger partial charge in [-0.05, 0) is 12.6 Å². The summed E-state index contributed by atoms with van der Waals surface area (Å²) in [6.45, 7) is 0. The molecule has 1 heterocycles. The summed E-state index contributed by atoms with van der Waals surface area (Å²) >= 11 is 0. The summed E-state index contributed by atoms with van der Waals surface area (Å²) < 4.78 is 0. The molecule has 2 unspecified atom stereocenters. The van der Waals surface area contributed by atoms with Gasteiger partial charge in [0.15, 0.2) is 6.29 Å². The molecule has 2 atom stereocenters. The Morgan fingerprint density at radius 2 is 2.00 bits per heavy atom. The highest BCUT2D eigenvalue weighted by molar-refractivity contribution is 5.57. The van der Waals surface area contributed by atoms with Crippen molar-refractivity contribution in [3.8, 4) is 0 Å². The molecule has 0 bridgehead atoms. The predicted octanol–water partition coefficient (Wildman–Crippen LogP) is 0.462. The standard InChI is InChI=1S/C12H17N3O/c1-14-11(13-15(2)12(14)9-16)8-10-6-4-3-5-7-10/h3-7,9,11-13H,8H2,1-2H3. The molecule has 86 valence electrons. The van der Waals surface area contributed by atoms with Crippen molar-refractivity contribution < 1.29 is 4.79 Å². The van der Waals surface area contributed by atoms with Gasteiger partial charge >= 0.3 is 0 Å².